The second kappa shape index (κ2) is 7.53. The molecule has 2 atom stereocenters. The molecule has 18 heavy (non-hydrogen) atoms. The van der Waals surface area contributed by atoms with Gasteiger partial charge in [0, 0.05) is 35.4 Å². The monoisotopic (exact) mass is 290 g/mol. The number of hydrogen-bond acceptors (Lipinski definition) is 5. The van der Waals surface area contributed by atoms with Crippen molar-refractivity contribution in [1.29, 1.82) is 0 Å². The summed E-state index contributed by atoms with van der Waals surface area (Å²) in [7, 11) is -0.865. The summed E-state index contributed by atoms with van der Waals surface area (Å²) in [4.78, 5) is 8.36. The Hall–Kier alpha value is -0.880. The van der Waals surface area contributed by atoms with Gasteiger partial charge in [-0.05, 0) is 13.3 Å². The van der Waals surface area contributed by atoms with Gasteiger partial charge >= 0.3 is 0 Å². The molecule has 0 aliphatic rings. The van der Waals surface area contributed by atoms with Crippen LogP contribution < -0.4 is 10.6 Å². The lowest BCUT2D eigenvalue weighted by atomic mass is 10.4. The average molecular weight is 291 g/mol. The van der Waals surface area contributed by atoms with Gasteiger partial charge in [0.15, 0.2) is 5.82 Å². The number of aromatic nitrogens is 2. The van der Waals surface area contributed by atoms with E-state index in [-0.39, 0.29) is 5.25 Å². The third-order valence-corrected chi connectivity index (χ3v) is 3.98. The summed E-state index contributed by atoms with van der Waals surface area (Å²) in [5, 5.41) is 6.69. The van der Waals surface area contributed by atoms with Gasteiger partial charge in [-0.15, -0.1) is 0 Å². The lowest BCUT2D eigenvalue weighted by Crippen LogP contribution is -2.21. The molecule has 7 heteroatoms. The van der Waals surface area contributed by atoms with Gasteiger partial charge in [0.25, 0.3) is 0 Å². The molecule has 0 aromatic carbocycles. The minimum Gasteiger partial charge on any atom is -0.367 e. The summed E-state index contributed by atoms with van der Waals surface area (Å²) in [6.07, 6.45) is 4.24. The summed E-state index contributed by atoms with van der Waals surface area (Å²) in [5.74, 6) is 1.12. The number of nitrogens with zero attached hydrogens (tertiary/aromatic N) is 2. The molecule has 102 valence electrons. The number of rotatable bonds is 7. The maximum absolute atomic E-state index is 11.3. The molecule has 0 amide bonds. The molecule has 1 aromatic heterocycles. The number of hydrogen-bond donors (Lipinski definition) is 2. The van der Waals surface area contributed by atoms with Crippen LogP contribution in [0.3, 0.4) is 0 Å². The molecule has 0 aliphatic heterocycles. The van der Waals surface area contributed by atoms with E-state index in [9.17, 15) is 4.21 Å². The lowest BCUT2D eigenvalue weighted by molar-refractivity contribution is 0.679. The number of nitrogens with one attached hydrogen (secondary N) is 2. The molecular formula is C11H19ClN4OS. The smallest absolute Gasteiger partial charge is 0.224 e. The van der Waals surface area contributed by atoms with Gasteiger partial charge in [-0.25, -0.2) is 4.98 Å². The molecule has 0 saturated carbocycles. The standard InChI is InChI=1S/C11H19ClN4OS/c1-4-5-13-11-15-7-9(12)10(16-11)14-6-8(2)18(3)17/h7-8H,4-6H2,1-3H3,(H2,13,14,15,16). The molecule has 1 aromatic rings. The van der Waals surface area contributed by atoms with Crippen LogP contribution in [0.5, 0.6) is 0 Å². The van der Waals surface area contributed by atoms with Crippen molar-refractivity contribution in [2.75, 3.05) is 30.0 Å². The summed E-state index contributed by atoms with van der Waals surface area (Å²) in [5.41, 5.74) is 0. The highest BCUT2D eigenvalue weighted by Crippen LogP contribution is 2.19. The summed E-state index contributed by atoms with van der Waals surface area (Å²) >= 11 is 6.00. The fourth-order valence-electron chi connectivity index (χ4n) is 1.17. The molecular weight excluding hydrogens is 272 g/mol. The van der Waals surface area contributed by atoms with Crippen molar-refractivity contribution < 1.29 is 4.21 Å². The molecule has 0 bridgehead atoms. The molecule has 0 saturated heterocycles. The van der Waals surface area contributed by atoms with E-state index in [0.717, 1.165) is 13.0 Å². The minimum atomic E-state index is -0.865. The lowest BCUT2D eigenvalue weighted by Gasteiger charge is -2.12. The molecule has 2 N–H and O–H groups in total. The second-order valence-electron chi connectivity index (χ2n) is 4.01. The van der Waals surface area contributed by atoms with Crippen LogP contribution in [0.1, 0.15) is 20.3 Å². The van der Waals surface area contributed by atoms with Crippen molar-refractivity contribution in [3.63, 3.8) is 0 Å². The van der Waals surface area contributed by atoms with Gasteiger partial charge in [0.2, 0.25) is 5.95 Å². The molecule has 0 radical (unpaired) electrons. The zero-order valence-corrected chi connectivity index (χ0v) is 12.4. The van der Waals surface area contributed by atoms with Crippen LogP contribution in [0.4, 0.5) is 11.8 Å². The highest BCUT2D eigenvalue weighted by molar-refractivity contribution is 7.84. The zero-order valence-electron chi connectivity index (χ0n) is 10.9. The zero-order chi connectivity index (χ0) is 13.5. The van der Waals surface area contributed by atoms with E-state index >= 15 is 0 Å². The maximum Gasteiger partial charge on any atom is 0.224 e. The van der Waals surface area contributed by atoms with Gasteiger partial charge in [0.05, 0.1) is 6.20 Å². The Morgan fingerprint density at radius 1 is 1.50 bits per heavy atom. The fourth-order valence-corrected chi connectivity index (χ4v) is 1.65. The normalized spacial score (nSPS) is 14.0. The third-order valence-electron chi connectivity index (χ3n) is 2.40. The van der Waals surface area contributed by atoms with Crippen molar-refractivity contribution in [1.82, 2.24) is 9.97 Å². The Kier molecular flexibility index (Phi) is 6.35. The first kappa shape index (κ1) is 15.2. The molecule has 0 aliphatic carbocycles. The van der Waals surface area contributed by atoms with E-state index in [0.29, 0.717) is 23.3 Å². The third kappa shape index (κ3) is 4.78. The van der Waals surface area contributed by atoms with Crippen molar-refractivity contribution in [2.45, 2.75) is 25.5 Å². The minimum absolute atomic E-state index is 0.0445. The van der Waals surface area contributed by atoms with Gasteiger partial charge in [-0.1, -0.05) is 18.5 Å². The first-order valence-corrected chi connectivity index (χ1v) is 7.87. The molecule has 5 nitrogen and oxygen atoms in total. The summed E-state index contributed by atoms with van der Waals surface area (Å²) < 4.78 is 11.3. The Labute approximate surface area is 115 Å². The Morgan fingerprint density at radius 3 is 2.83 bits per heavy atom. The largest absolute Gasteiger partial charge is 0.367 e. The van der Waals surface area contributed by atoms with Crippen LogP contribution in [0.25, 0.3) is 0 Å². The van der Waals surface area contributed by atoms with Gasteiger partial charge in [-0.3, -0.25) is 4.21 Å². The van der Waals surface area contributed by atoms with Crippen LogP contribution in [-0.4, -0.2) is 38.8 Å². The van der Waals surface area contributed by atoms with Gasteiger partial charge in [-0.2, -0.15) is 4.98 Å². The second-order valence-corrected chi connectivity index (χ2v) is 6.22. The number of halogens is 1. The van der Waals surface area contributed by atoms with Crippen LogP contribution in [0.15, 0.2) is 6.20 Å². The predicted octanol–water partition coefficient (Wildman–Crippen LogP) is 2.13. The van der Waals surface area contributed by atoms with Crippen LogP contribution in [0.2, 0.25) is 5.02 Å². The van der Waals surface area contributed by atoms with E-state index in [1.807, 2.05) is 6.92 Å². The Bertz CT molecular complexity index is 416. The van der Waals surface area contributed by atoms with Crippen LogP contribution >= 0.6 is 11.6 Å². The molecule has 1 rings (SSSR count). The van der Waals surface area contributed by atoms with Gasteiger partial charge < -0.3 is 10.6 Å². The Balaban J connectivity index is 2.66. The van der Waals surface area contributed by atoms with E-state index < -0.39 is 10.8 Å². The maximum atomic E-state index is 11.3. The SMILES string of the molecule is CCCNc1ncc(Cl)c(NCC(C)S(C)=O)n1. The number of anilines is 2. The molecule has 0 spiro atoms. The topological polar surface area (TPSA) is 66.9 Å². The van der Waals surface area contributed by atoms with Crippen molar-refractivity contribution in [3.8, 4) is 0 Å². The highest BCUT2D eigenvalue weighted by Gasteiger charge is 2.09. The fraction of sp³-hybridized carbons (Fsp3) is 0.636. The summed E-state index contributed by atoms with van der Waals surface area (Å²) in [6.45, 7) is 5.36. The van der Waals surface area contributed by atoms with Crippen molar-refractivity contribution >= 4 is 34.2 Å². The highest BCUT2D eigenvalue weighted by atomic mass is 35.5. The molecule has 1 heterocycles. The quantitative estimate of drug-likeness (QED) is 0.805. The predicted molar refractivity (Wildman–Crippen MR) is 77.8 cm³/mol. The van der Waals surface area contributed by atoms with Gasteiger partial charge in [0.1, 0.15) is 5.02 Å². The average Bonchev–Trinajstić information content (AvgIpc) is 2.35. The van der Waals surface area contributed by atoms with E-state index in [4.69, 9.17) is 11.6 Å². The molecule has 0 fully saturated rings. The van der Waals surface area contributed by atoms with E-state index in [1.165, 1.54) is 0 Å². The Morgan fingerprint density at radius 2 is 2.22 bits per heavy atom. The van der Waals surface area contributed by atoms with E-state index in [1.54, 1.807) is 12.5 Å². The first-order chi connectivity index (χ1) is 8.54. The van der Waals surface area contributed by atoms with Crippen LogP contribution in [0, 0.1) is 0 Å². The first-order valence-electron chi connectivity index (χ1n) is 5.87. The summed E-state index contributed by atoms with van der Waals surface area (Å²) in [6, 6.07) is 0. The van der Waals surface area contributed by atoms with E-state index in [2.05, 4.69) is 27.5 Å². The van der Waals surface area contributed by atoms with Crippen LogP contribution in [-0.2, 0) is 10.8 Å². The molecule has 2 unspecified atom stereocenters. The van der Waals surface area contributed by atoms with Crippen molar-refractivity contribution in [3.05, 3.63) is 11.2 Å². The van der Waals surface area contributed by atoms with Crippen molar-refractivity contribution in [2.24, 2.45) is 0 Å².